The average molecular weight is 347 g/mol. The number of pyridine rings is 1. The van der Waals surface area contributed by atoms with E-state index in [4.69, 9.17) is 5.26 Å². The molecule has 2 amide bonds. The lowest BCUT2D eigenvalue weighted by atomic mass is 10.00. The van der Waals surface area contributed by atoms with E-state index in [0.29, 0.717) is 5.69 Å². The second-order valence-electron chi connectivity index (χ2n) is 6.73. The molecule has 7 nitrogen and oxygen atoms in total. The first-order valence-electron chi connectivity index (χ1n) is 8.09. The molecule has 2 unspecified atom stereocenters. The van der Waals surface area contributed by atoms with Crippen LogP contribution in [-0.4, -0.2) is 52.5 Å². The van der Waals surface area contributed by atoms with Crippen molar-refractivity contribution in [2.75, 3.05) is 18.4 Å². The van der Waals surface area contributed by atoms with Crippen molar-refractivity contribution in [3.63, 3.8) is 0 Å². The number of carbonyl (C=O) groups is 2. The van der Waals surface area contributed by atoms with Gasteiger partial charge in [0, 0.05) is 24.6 Å². The molecule has 8 heteroatoms. The molecule has 0 spiro atoms. The normalized spacial score (nSPS) is 20.2. The summed E-state index contributed by atoms with van der Waals surface area (Å²) >= 11 is 0. The van der Waals surface area contributed by atoms with Crippen LogP contribution in [0, 0.1) is 11.3 Å². The SMILES string of the molecule is CC(C)(CC(=O)Nc1cccnc1)NCC(=O)N1CC(F)CC1C#N. The smallest absolute Gasteiger partial charge is 0.237 e. The largest absolute Gasteiger partial charge is 0.325 e. The Morgan fingerprint density at radius 3 is 2.92 bits per heavy atom. The van der Waals surface area contributed by atoms with Gasteiger partial charge in [-0.15, -0.1) is 0 Å². The van der Waals surface area contributed by atoms with Gasteiger partial charge in [-0.2, -0.15) is 5.26 Å². The first-order valence-corrected chi connectivity index (χ1v) is 8.09. The zero-order valence-corrected chi connectivity index (χ0v) is 14.3. The van der Waals surface area contributed by atoms with Crippen LogP contribution < -0.4 is 10.6 Å². The van der Waals surface area contributed by atoms with Crippen molar-refractivity contribution >= 4 is 17.5 Å². The van der Waals surface area contributed by atoms with Crippen LogP contribution in [-0.2, 0) is 9.59 Å². The van der Waals surface area contributed by atoms with Gasteiger partial charge in [0.05, 0.1) is 31.0 Å². The molecule has 0 aromatic carbocycles. The van der Waals surface area contributed by atoms with Crippen LogP contribution in [0.1, 0.15) is 26.7 Å². The fraction of sp³-hybridized carbons (Fsp3) is 0.529. The quantitative estimate of drug-likeness (QED) is 0.807. The lowest BCUT2D eigenvalue weighted by Crippen LogP contribution is -2.49. The summed E-state index contributed by atoms with van der Waals surface area (Å²) in [5.74, 6) is -0.551. The van der Waals surface area contributed by atoms with Crippen molar-refractivity contribution in [1.29, 1.82) is 5.26 Å². The standard InChI is InChI=1S/C17H22FN5O2/c1-17(2,7-15(24)22-13-4-3-5-20-9-13)21-10-16(25)23-11-12(18)6-14(23)8-19/h3-5,9,12,14,21H,6-7,10-11H2,1-2H3,(H,22,24). The van der Waals surface area contributed by atoms with E-state index in [-0.39, 0.29) is 37.7 Å². The maximum absolute atomic E-state index is 13.4. The summed E-state index contributed by atoms with van der Waals surface area (Å²) in [6.07, 6.45) is 2.19. The Morgan fingerprint density at radius 1 is 1.52 bits per heavy atom. The first kappa shape index (κ1) is 18.8. The minimum atomic E-state index is -1.16. The molecule has 134 valence electrons. The van der Waals surface area contributed by atoms with E-state index in [1.54, 1.807) is 38.4 Å². The summed E-state index contributed by atoms with van der Waals surface area (Å²) in [7, 11) is 0. The third-order valence-electron chi connectivity index (χ3n) is 3.99. The number of aromatic nitrogens is 1. The second kappa shape index (κ2) is 8.03. The highest BCUT2D eigenvalue weighted by molar-refractivity contribution is 5.91. The Kier molecular flexibility index (Phi) is 6.04. The highest BCUT2D eigenvalue weighted by Crippen LogP contribution is 2.20. The predicted molar refractivity (Wildman–Crippen MR) is 90.2 cm³/mol. The maximum atomic E-state index is 13.4. The second-order valence-corrected chi connectivity index (χ2v) is 6.73. The van der Waals surface area contributed by atoms with Gasteiger partial charge in [0.25, 0.3) is 0 Å². The molecular formula is C17H22FN5O2. The van der Waals surface area contributed by atoms with Gasteiger partial charge in [0.1, 0.15) is 12.2 Å². The molecule has 1 fully saturated rings. The Bertz CT molecular complexity index is 659. The molecule has 0 saturated carbocycles. The topological polar surface area (TPSA) is 98.1 Å². The molecule has 1 aromatic rings. The molecule has 1 aromatic heterocycles. The molecule has 0 bridgehead atoms. The van der Waals surface area contributed by atoms with E-state index in [9.17, 15) is 14.0 Å². The number of nitrogens with one attached hydrogen (secondary N) is 2. The minimum absolute atomic E-state index is 0.0547. The van der Waals surface area contributed by atoms with Crippen LogP contribution in [0.3, 0.4) is 0 Å². The Hall–Kier alpha value is -2.53. The molecule has 25 heavy (non-hydrogen) atoms. The molecule has 1 saturated heterocycles. The van der Waals surface area contributed by atoms with Crippen molar-refractivity contribution in [1.82, 2.24) is 15.2 Å². The molecule has 2 N–H and O–H groups in total. The molecular weight excluding hydrogens is 325 g/mol. The van der Waals surface area contributed by atoms with E-state index in [1.807, 2.05) is 6.07 Å². The molecule has 0 aliphatic carbocycles. The number of carbonyl (C=O) groups excluding carboxylic acids is 2. The minimum Gasteiger partial charge on any atom is -0.325 e. The van der Waals surface area contributed by atoms with Gasteiger partial charge >= 0.3 is 0 Å². The molecule has 2 atom stereocenters. The number of nitriles is 1. The lowest BCUT2D eigenvalue weighted by Gasteiger charge is -2.27. The van der Waals surface area contributed by atoms with Crippen molar-refractivity contribution in [3.8, 4) is 6.07 Å². The number of nitrogens with zero attached hydrogens (tertiary/aromatic N) is 3. The van der Waals surface area contributed by atoms with Crippen molar-refractivity contribution in [3.05, 3.63) is 24.5 Å². The van der Waals surface area contributed by atoms with Gasteiger partial charge < -0.3 is 15.5 Å². The lowest BCUT2D eigenvalue weighted by molar-refractivity contribution is -0.131. The number of anilines is 1. The number of hydrogen-bond acceptors (Lipinski definition) is 5. The highest BCUT2D eigenvalue weighted by atomic mass is 19.1. The Morgan fingerprint density at radius 2 is 2.28 bits per heavy atom. The van der Waals surface area contributed by atoms with Gasteiger partial charge in [0.2, 0.25) is 11.8 Å². The Labute approximate surface area is 146 Å². The third-order valence-corrected chi connectivity index (χ3v) is 3.99. The van der Waals surface area contributed by atoms with Gasteiger partial charge in [-0.05, 0) is 26.0 Å². The number of halogens is 1. The highest BCUT2D eigenvalue weighted by Gasteiger charge is 2.35. The van der Waals surface area contributed by atoms with Crippen molar-refractivity contribution < 1.29 is 14.0 Å². The molecule has 1 aliphatic rings. The monoisotopic (exact) mass is 347 g/mol. The van der Waals surface area contributed by atoms with Crippen LogP contribution in [0.4, 0.5) is 10.1 Å². The van der Waals surface area contributed by atoms with Crippen molar-refractivity contribution in [2.45, 2.75) is 44.4 Å². The van der Waals surface area contributed by atoms with Crippen LogP contribution in [0.5, 0.6) is 0 Å². The summed E-state index contributed by atoms with van der Waals surface area (Å²) < 4.78 is 13.4. The number of likely N-dealkylation sites (tertiary alicyclic amines) is 1. The van der Waals surface area contributed by atoms with Gasteiger partial charge in [-0.1, -0.05) is 0 Å². The van der Waals surface area contributed by atoms with E-state index in [0.717, 1.165) is 0 Å². The zero-order chi connectivity index (χ0) is 18.4. The van der Waals surface area contributed by atoms with E-state index in [1.165, 1.54) is 4.90 Å². The fourth-order valence-corrected chi connectivity index (χ4v) is 2.70. The summed E-state index contributed by atoms with van der Waals surface area (Å²) in [6, 6.07) is 4.68. The molecule has 1 aliphatic heterocycles. The van der Waals surface area contributed by atoms with Crippen LogP contribution in [0.2, 0.25) is 0 Å². The third kappa shape index (κ3) is 5.50. The predicted octanol–water partition coefficient (Wildman–Crippen LogP) is 1.24. The van der Waals surface area contributed by atoms with E-state index in [2.05, 4.69) is 15.6 Å². The number of rotatable bonds is 6. The summed E-state index contributed by atoms with van der Waals surface area (Å²) in [5.41, 5.74) is -0.0406. The fourth-order valence-electron chi connectivity index (χ4n) is 2.70. The van der Waals surface area contributed by atoms with Gasteiger partial charge in [0.15, 0.2) is 0 Å². The molecule has 0 radical (unpaired) electrons. The average Bonchev–Trinajstić information content (AvgIpc) is 2.94. The van der Waals surface area contributed by atoms with E-state index >= 15 is 0 Å². The number of alkyl halides is 1. The summed E-state index contributed by atoms with van der Waals surface area (Å²) in [6.45, 7) is 3.48. The van der Waals surface area contributed by atoms with Crippen LogP contribution in [0.25, 0.3) is 0 Å². The van der Waals surface area contributed by atoms with E-state index < -0.39 is 17.8 Å². The molecule has 2 rings (SSSR count). The van der Waals surface area contributed by atoms with Crippen LogP contribution >= 0.6 is 0 Å². The maximum Gasteiger partial charge on any atom is 0.237 e. The number of hydrogen-bond donors (Lipinski definition) is 2. The molecule has 2 heterocycles. The Balaban J connectivity index is 1.83. The number of amides is 2. The first-order chi connectivity index (χ1) is 11.8. The summed E-state index contributed by atoms with van der Waals surface area (Å²) in [4.78, 5) is 29.5. The van der Waals surface area contributed by atoms with Crippen LogP contribution in [0.15, 0.2) is 24.5 Å². The summed E-state index contributed by atoms with van der Waals surface area (Å²) in [5, 5.41) is 14.7. The van der Waals surface area contributed by atoms with Gasteiger partial charge in [-0.3, -0.25) is 14.6 Å². The van der Waals surface area contributed by atoms with Gasteiger partial charge in [-0.25, -0.2) is 4.39 Å². The zero-order valence-electron chi connectivity index (χ0n) is 14.3. The van der Waals surface area contributed by atoms with Crippen molar-refractivity contribution in [2.24, 2.45) is 0 Å².